The molecule has 9 nitrogen and oxygen atoms in total. The van der Waals surface area contributed by atoms with Gasteiger partial charge in [0, 0.05) is 24.5 Å². The Morgan fingerprint density at radius 1 is 0.543 bits per heavy atom. The van der Waals surface area contributed by atoms with E-state index >= 15 is 0 Å². The third-order valence-corrected chi connectivity index (χ3v) is 4.93. The van der Waals surface area contributed by atoms with Crippen molar-refractivity contribution in [1.29, 1.82) is 0 Å². The van der Waals surface area contributed by atoms with E-state index in [2.05, 4.69) is 30.4 Å². The highest BCUT2D eigenvalue weighted by Crippen LogP contribution is 2.39. The molecule has 5 rings (SSSR count). The molecule has 35 heavy (non-hydrogen) atoms. The molecule has 0 amide bonds. The number of aromatic hydroxyl groups is 2. The molecular weight excluding hydrogens is 444 g/mol. The predicted octanol–water partition coefficient (Wildman–Crippen LogP) is 7.65. The largest absolute Gasteiger partial charge is 0.507 e. The van der Waals surface area contributed by atoms with E-state index < -0.39 is 0 Å². The van der Waals surface area contributed by atoms with Crippen LogP contribution in [-0.4, -0.2) is 20.2 Å². The maximum Gasteiger partial charge on any atom is 0.174 e. The van der Waals surface area contributed by atoms with Crippen molar-refractivity contribution in [3.63, 3.8) is 0 Å². The fourth-order valence-electron chi connectivity index (χ4n) is 3.25. The fraction of sp³-hybridized carbons (Fsp3) is 0. The van der Waals surface area contributed by atoms with Crippen LogP contribution in [0.2, 0.25) is 0 Å². The number of furan rings is 1. The molecule has 0 atom stereocenters. The van der Waals surface area contributed by atoms with Gasteiger partial charge < -0.3 is 14.6 Å². The second-order valence-corrected chi connectivity index (χ2v) is 7.34. The van der Waals surface area contributed by atoms with E-state index in [1.54, 1.807) is 73.1 Å². The van der Waals surface area contributed by atoms with E-state index in [4.69, 9.17) is 4.42 Å². The van der Waals surface area contributed by atoms with E-state index in [0.29, 0.717) is 45.7 Å². The molecule has 0 unspecified atom stereocenters. The van der Waals surface area contributed by atoms with Crippen molar-refractivity contribution in [2.24, 2.45) is 20.5 Å². The molecule has 2 aromatic carbocycles. The lowest BCUT2D eigenvalue weighted by Gasteiger charge is -2.04. The number of benzene rings is 2. The van der Waals surface area contributed by atoms with Gasteiger partial charge in [-0.1, -0.05) is 12.1 Å². The summed E-state index contributed by atoms with van der Waals surface area (Å²) in [6.07, 6.45) is 3.25. The summed E-state index contributed by atoms with van der Waals surface area (Å²) in [5.41, 5.74) is 1.90. The first-order chi connectivity index (χ1) is 17.2. The van der Waals surface area contributed by atoms with Gasteiger partial charge in [0.15, 0.2) is 11.6 Å². The van der Waals surface area contributed by atoms with Gasteiger partial charge in [0.25, 0.3) is 0 Å². The summed E-state index contributed by atoms with van der Waals surface area (Å²) in [6, 6.07) is 23.9. The van der Waals surface area contributed by atoms with Gasteiger partial charge in [-0.05, 0) is 60.7 Å². The number of phenols is 2. The lowest BCUT2D eigenvalue weighted by molar-refractivity contribution is 0.471. The molecule has 0 radical (unpaired) electrons. The maximum atomic E-state index is 10.5. The van der Waals surface area contributed by atoms with Gasteiger partial charge in [-0.3, -0.25) is 0 Å². The molecule has 3 aromatic heterocycles. The van der Waals surface area contributed by atoms with Crippen LogP contribution in [0.4, 0.5) is 23.0 Å². The molecule has 0 bridgehead atoms. The number of phenolic OH excluding ortho intramolecular Hbond substituents is 2. The molecule has 3 heterocycles. The molecule has 170 valence electrons. The Morgan fingerprint density at radius 2 is 1.03 bits per heavy atom. The van der Waals surface area contributed by atoms with Gasteiger partial charge in [0.05, 0.1) is 22.5 Å². The number of pyridine rings is 2. The van der Waals surface area contributed by atoms with Crippen LogP contribution in [0, 0.1) is 0 Å². The topological polar surface area (TPSA) is 129 Å². The molecule has 5 aromatic rings. The summed E-state index contributed by atoms with van der Waals surface area (Å²) in [7, 11) is 0. The average molecular weight is 462 g/mol. The number of aromatic nitrogens is 2. The van der Waals surface area contributed by atoms with Gasteiger partial charge in [-0.25, -0.2) is 9.97 Å². The highest BCUT2D eigenvalue weighted by atomic mass is 16.3. The van der Waals surface area contributed by atoms with Crippen molar-refractivity contribution in [3.8, 4) is 34.1 Å². The van der Waals surface area contributed by atoms with E-state index in [9.17, 15) is 10.2 Å². The first kappa shape index (κ1) is 21.7. The highest BCUT2D eigenvalue weighted by molar-refractivity contribution is 5.74. The van der Waals surface area contributed by atoms with Crippen molar-refractivity contribution in [1.82, 2.24) is 9.97 Å². The molecule has 0 spiro atoms. The maximum absolute atomic E-state index is 10.5. The number of nitrogens with zero attached hydrogens (tertiary/aromatic N) is 6. The van der Waals surface area contributed by atoms with Crippen LogP contribution in [0.1, 0.15) is 0 Å². The van der Waals surface area contributed by atoms with Crippen molar-refractivity contribution >= 4 is 23.0 Å². The number of hydrogen-bond donors (Lipinski definition) is 2. The van der Waals surface area contributed by atoms with Crippen LogP contribution in [0.3, 0.4) is 0 Å². The Kier molecular flexibility index (Phi) is 6.03. The molecule has 0 aliphatic rings. The summed E-state index contributed by atoms with van der Waals surface area (Å²) >= 11 is 0. The minimum atomic E-state index is -0.0159. The molecule has 2 N–H and O–H groups in total. The predicted molar refractivity (Wildman–Crippen MR) is 130 cm³/mol. The Morgan fingerprint density at radius 3 is 1.43 bits per heavy atom. The normalized spacial score (nSPS) is 11.4. The first-order valence-electron chi connectivity index (χ1n) is 10.6. The van der Waals surface area contributed by atoms with Gasteiger partial charge in [0.2, 0.25) is 0 Å². The molecule has 0 aliphatic heterocycles. The van der Waals surface area contributed by atoms with Crippen molar-refractivity contribution in [2.75, 3.05) is 0 Å². The van der Waals surface area contributed by atoms with Crippen LogP contribution in [-0.2, 0) is 0 Å². The van der Waals surface area contributed by atoms with Crippen LogP contribution >= 0.6 is 0 Å². The third kappa shape index (κ3) is 5.09. The Labute approximate surface area is 199 Å². The van der Waals surface area contributed by atoms with Gasteiger partial charge >= 0.3 is 0 Å². The lowest BCUT2D eigenvalue weighted by Crippen LogP contribution is -1.78. The minimum absolute atomic E-state index is 0.0159. The Bertz CT molecular complexity index is 1400. The molecular formula is C26H18N6O3. The Hall–Kier alpha value is -5.18. The van der Waals surface area contributed by atoms with E-state index in [1.165, 1.54) is 12.1 Å². The summed E-state index contributed by atoms with van der Waals surface area (Å²) in [5.74, 6) is 1.77. The summed E-state index contributed by atoms with van der Waals surface area (Å²) < 4.78 is 5.91. The molecule has 0 aliphatic carbocycles. The second kappa shape index (κ2) is 9.75. The zero-order valence-corrected chi connectivity index (χ0v) is 18.2. The van der Waals surface area contributed by atoms with Crippen LogP contribution < -0.4 is 0 Å². The zero-order chi connectivity index (χ0) is 24.0. The monoisotopic (exact) mass is 462 g/mol. The SMILES string of the molecule is Oc1cc(N=Nc2ccccn2)ccc1-c1ccc(-c2ccc(N=Nc3ccccn3)cc2O)o1. The molecule has 9 heteroatoms. The number of rotatable bonds is 6. The van der Waals surface area contributed by atoms with Crippen LogP contribution in [0.5, 0.6) is 11.5 Å². The number of hydrogen-bond acceptors (Lipinski definition) is 9. The van der Waals surface area contributed by atoms with Crippen LogP contribution in [0.25, 0.3) is 22.6 Å². The van der Waals surface area contributed by atoms with E-state index in [1.807, 2.05) is 12.1 Å². The smallest absolute Gasteiger partial charge is 0.174 e. The molecule has 0 saturated heterocycles. The Balaban J connectivity index is 1.34. The fourth-order valence-corrected chi connectivity index (χ4v) is 3.25. The number of azo groups is 2. The quantitative estimate of drug-likeness (QED) is 0.250. The van der Waals surface area contributed by atoms with E-state index in [-0.39, 0.29) is 11.5 Å². The molecule has 0 fully saturated rings. The van der Waals surface area contributed by atoms with Crippen LogP contribution in [0.15, 0.2) is 122 Å². The average Bonchev–Trinajstić information content (AvgIpc) is 3.37. The van der Waals surface area contributed by atoms with Gasteiger partial charge in [0.1, 0.15) is 23.0 Å². The minimum Gasteiger partial charge on any atom is -0.507 e. The molecule has 0 saturated carbocycles. The third-order valence-electron chi connectivity index (χ3n) is 4.93. The first-order valence-corrected chi connectivity index (χ1v) is 10.6. The van der Waals surface area contributed by atoms with Crippen molar-refractivity contribution in [3.05, 3.63) is 97.3 Å². The van der Waals surface area contributed by atoms with Gasteiger partial charge in [-0.15, -0.1) is 20.5 Å². The highest BCUT2D eigenvalue weighted by Gasteiger charge is 2.14. The lowest BCUT2D eigenvalue weighted by atomic mass is 10.1. The van der Waals surface area contributed by atoms with Crippen molar-refractivity contribution in [2.45, 2.75) is 0 Å². The zero-order valence-electron chi connectivity index (χ0n) is 18.2. The van der Waals surface area contributed by atoms with E-state index in [0.717, 1.165) is 0 Å². The second-order valence-electron chi connectivity index (χ2n) is 7.34. The summed E-state index contributed by atoms with van der Waals surface area (Å²) in [5, 5.41) is 37.3. The summed E-state index contributed by atoms with van der Waals surface area (Å²) in [6.45, 7) is 0. The standard InChI is InChI=1S/C26H18N6O3/c33-21-15-17(29-31-25-5-1-3-13-27-25)7-9-19(21)23-11-12-24(35-23)20-10-8-18(16-22(20)34)30-32-26-6-2-4-14-28-26/h1-16,33-34H. The van der Waals surface area contributed by atoms with Crippen molar-refractivity contribution < 1.29 is 14.6 Å². The van der Waals surface area contributed by atoms with Gasteiger partial charge in [-0.2, -0.15) is 0 Å². The summed E-state index contributed by atoms with van der Waals surface area (Å²) in [4.78, 5) is 8.15.